The lowest BCUT2D eigenvalue weighted by atomic mass is 9.96. The highest BCUT2D eigenvalue weighted by atomic mass is 16.2. The van der Waals surface area contributed by atoms with E-state index >= 15 is 0 Å². The number of aromatic nitrogens is 2. The maximum absolute atomic E-state index is 12.2. The number of rotatable bonds is 5. The summed E-state index contributed by atoms with van der Waals surface area (Å²) in [4.78, 5) is 34.1. The second kappa shape index (κ2) is 7.74. The Labute approximate surface area is 146 Å². The van der Waals surface area contributed by atoms with Crippen LogP contribution in [0.5, 0.6) is 0 Å². The molecular formula is C18H21N5O2. The van der Waals surface area contributed by atoms with E-state index in [4.69, 9.17) is 5.73 Å². The highest BCUT2D eigenvalue weighted by Gasteiger charge is 2.25. The van der Waals surface area contributed by atoms with Gasteiger partial charge in [0.05, 0.1) is 0 Å². The molecule has 0 spiro atoms. The van der Waals surface area contributed by atoms with Crippen molar-refractivity contribution in [3.63, 3.8) is 0 Å². The van der Waals surface area contributed by atoms with Gasteiger partial charge in [0.25, 0.3) is 5.91 Å². The Morgan fingerprint density at radius 1 is 1.12 bits per heavy atom. The van der Waals surface area contributed by atoms with Crippen LogP contribution < -0.4 is 16.0 Å². The van der Waals surface area contributed by atoms with Gasteiger partial charge in [0.15, 0.2) is 0 Å². The first-order valence-electron chi connectivity index (χ1n) is 8.32. The van der Waals surface area contributed by atoms with Crippen molar-refractivity contribution < 1.29 is 9.59 Å². The average Bonchev–Trinajstić information content (AvgIpc) is 2.67. The molecule has 1 saturated heterocycles. The van der Waals surface area contributed by atoms with Crippen LogP contribution in [0.25, 0.3) is 0 Å². The molecule has 0 unspecified atom stereocenters. The number of carbonyl (C=O) groups excluding carboxylic acids is 2. The van der Waals surface area contributed by atoms with Crippen molar-refractivity contribution in [3.05, 3.63) is 54.0 Å². The third-order valence-electron chi connectivity index (χ3n) is 4.40. The molecule has 0 atom stereocenters. The highest BCUT2D eigenvalue weighted by Crippen LogP contribution is 2.24. The van der Waals surface area contributed by atoms with Gasteiger partial charge in [-0.2, -0.15) is 0 Å². The lowest BCUT2D eigenvalue weighted by Crippen LogP contribution is -2.39. The van der Waals surface area contributed by atoms with Gasteiger partial charge in [0, 0.05) is 43.5 Å². The van der Waals surface area contributed by atoms with Gasteiger partial charge in [-0.05, 0) is 31.0 Å². The van der Waals surface area contributed by atoms with Crippen molar-refractivity contribution in [1.82, 2.24) is 15.3 Å². The number of primary amides is 1. The van der Waals surface area contributed by atoms with E-state index in [1.165, 1.54) is 0 Å². The van der Waals surface area contributed by atoms with Crippen LogP contribution in [-0.2, 0) is 11.3 Å². The number of hydrogen-bond donors (Lipinski definition) is 2. The van der Waals surface area contributed by atoms with Gasteiger partial charge < -0.3 is 16.0 Å². The van der Waals surface area contributed by atoms with Crippen LogP contribution in [0.15, 0.2) is 42.7 Å². The van der Waals surface area contributed by atoms with E-state index in [9.17, 15) is 9.59 Å². The lowest BCUT2D eigenvalue weighted by Gasteiger charge is -2.32. The van der Waals surface area contributed by atoms with Crippen LogP contribution >= 0.6 is 0 Å². The van der Waals surface area contributed by atoms with Gasteiger partial charge in [-0.1, -0.05) is 12.1 Å². The first-order chi connectivity index (χ1) is 12.1. The van der Waals surface area contributed by atoms with Gasteiger partial charge in [-0.3, -0.25) is 14.6 Å². The van der Waals surface area contributed by atoms with E-state index < -0.39 is 0 Å². The molecule has 0 aliphatic carbocycles. The molecule has 2 aromatic rings. The standard InChI is InChI=1S/C18H21N5O2/c19-16(24)13-6-10-23(11-7-13)17-14(4-3-9-21-17)12-22-18(25)15-5-1-2-8-20-15/h1-5,8-9,13H,6-7,10-12H2,(H2,19,24)(H,22,25). The zero-order valence-corrected chi connectivity index (χ0v) is 13.9. The number of nitrogens with zero attached hydrogens (tertiary/aromatic N) is 3. The van der Waals surface area contributed by atoms with Crippen molar-refractivity contribution in [3.8, 4) is 0 Å². The Morgan fingerprint density at radius 2 is 1.88 bits per heavy atom. The maximum Gasteiger partial charge on any atom is 0.270 e. The summed E-state index contributed by atoms with van der Waals surface area (Å²) in [6, 6.07) is 9.02. The molecule has 3 rings (SSSR count). The molecule has 130 valence electrons. The molecule has 7 nitrogen and oxygen atoms in total. The maximum atomic E-state index is 12.2. The molecule has 1 aliphatic rings. The van der Waals surface area contributed by atoms with Gasteiger partial charge in [-0.25, -0.2) is 4.98 Å². The summed E-state index contributed by atoms with van der Waals surface area (Å²) >= 11 is 0. The minimum absolute atomic E-state index is 0.0627. The molecule has 0 radical (unpaired) electrons. The number of hydrogen-bond acceptors (Lipinski definition) is 5. The largest absolute Gasteiger partial charge is 0.369 e. The molecule has 1 aliphatic heterocycles. The number of carbonyl (C=O) groups is 2. The highest BCUT2D eigenvalue weighted by molar-refractivity contribution is 5.92. The normalized spacial score (nSPS) is 15.0. The average molecular weight is 339 g/mol. The van der Waals surface area contributed by atoms with Crippen LogP contribution in [0.3, 0.4) is 0 Å². The molecular weight excluding hydrogens is 318 g/mol. The lowest BCUT2D eigenvalue weighted by molar-refractivity contribution is -0.122. The molecule has 0 saturated carbocycles. The zero-order chi connectivity index (χ0) is 17.6. The molecule has 2 aromatic heterocycles. The molecule has 1 fully saturated rings. The Kier molecular flexibility index (Phi) is 5.23. The van der Waals surface area contributed by atoms with Crippen LogP contribution in [0.4, 0.5) is 5.82 Å². The Hall–Kier alpha value is -2.96. The molecule has 0 aromatic carbocycles. The summed E-state index contributed by atoms with van der Waals surface area (Å²) in [6.45, 7) is 1.83. The van der Waals surface area contributed by atoms with E-state index in [-0.39, 0.29) is 17.7 Å². The second-order valence-electron chi connectivity index (χ2n) is 6.05. The number of anilines is 1. The predicted octanol–water partition coefficient (Wildman–Crippen LogP) is 1.11. The van der Waals surface area contributed by atoms with Crippen molar-refractivity contribution in [1.29, 1.82) is 0 Å². The number of piperidine rings is 1. The minimum Gasteiger partial charge on any atom is -0.369 e. The molecule has 7 heteroatoms. The summed E-state index contributed by atoms with van der Waals surface area (Å²) in [6.07, 6.45) is 4.78. The van der Waals surface area contributed by atoms with Crippen molar-refractivity contribution in [2.45, 2.75) is 19.4 Å². The first kappa shape index (κ1) is 16.9. The van der Waals surface area contributed by atoms with Gasteiger partial charge in [0.2, 0.25) is 5.91 Å². The summed E-state index contributed by atoms with van der Waals surface area (Å²) in [5.41, 5.74) is 6.71. The Bertz CT molecular complexity index is 742. The molecule has 2 amide bonds. The van der Waals surface area contributed by atoms with Crippen LogP contribution in [0.1, 0.15) is 28.9 Å². The van der Waals surface area contributed by atoms with Gasteiger partial charge in [0.1, 0.15) is 11.5 Å². The monoisotopic (exact) mass is 339 g/mol. The third kappa shape index (κ3) is 4.12. The smallest absolute Gasteiger partial charge is 0.270 e. The second-order valence-corrected chi connectivity index (χ2v) is 6.05. The summed E-state index contributed by atoms with van der Waals surface area (Å²) < 4.78 is 0. The summed E-state index contributed by atoms with van der Waals surface area (Å²) in [5.74, 6) is 0.324. The van der Waals surface area contributed by atoms with E-state index in [0.717, 1.165) is 37.3 Å². The molecule has 3 heterocycles. The fourth-order valence-corrected chi connectivity index (χ4v) is 2.99. The minimum atomic E-state index is -0.233. The molecule has 0 bridgehead atoms. The Morgan fingerprint density at radius 3 is 2.56 bits per heavy atom. The van der Waals surface area contributed by atoms with E-state index in [2.05, 4.69) is 20.2 Å². The van der Waals surface area contributed by atoms with Crippen molar-refractivity contribution >= 4 is 17.6 Å². The van der Waals surface area contributed by atoms with Gasteiger partial charge in [-0.15, -0.1) is 0 Å². The SMILES string of the molecule is NC(=O)C1CCN(c2ncccc2CNC(=O)c2ccccn2)CC1. The summed E-state index contributed by atoms with van der Waals surface area (Å²) in [7, 11) is 0. The van der Waals surface area contributed by atoms with E-state index in [0.29, 0.717) is 12.2 Å². The Balaban J connectivity index is 1.65. The summed E-state index contributed by atoms with van der Waals surface area (Å²) in [5, 5.41) is 2.88. The van der Waals surface area contributed by atoms with Crippen LogP contribution in [0.2, 0.25) is 0 Å². The van der Waals surface area contributed by atoms with Crippen molar-refractivity contribution in [2.75, 3.05) is 18.0 Å². The van der Waals surface area contributed by atoms with E-state index in [1.807, 2.05) is 12.1 Å². The molecule has 3 N–H and O–H groups in total. The third-order valence-corrected chi connectivity index (χ3v) is 4.40. The fraction of sp³-hybridized carbons (Fsp3) is 0.333. The van der Waals surface area contributed by atoms with Gasteiger partial charge >= 0.3 is 0 Å². The molecule has 25 heavy (non-hydrogen) atoms. The fourth-order valence-electron chi connectivity index (χ4n) is 2.99. The number of pyridine rings is 2. The van der Waals surface area contributed by atoms with Crippen molar-refractivity contribution in [2.24, 2.45) is 11.7 Å². The number of amides is 2. The zero-order valence-electron chi connectivity index (χ0n) is 13.9. The number of nitrogens with two attached hydrogens (primary N) is 1. The topological polar surface area (TPSA) is 101 Å². The number of nitrogens with one attached hydrogen (secondary N) is 1. The quantitative estimate of drug-likeness (QED) is 0.850. The van der Waals surface area contributed by atoms with Crippen LogP contribution in [0, 0.1) is 5.92 Å². The first-order valence-corrected chi connectivity index (χ1v) is 8.32. The van der Waals surface area contributed by atoms with E-state index in [1.54, 1.807) is 30.6 Å². The van der Waals surface area contributed by atoms with Crippen LogP contribution in [-0.4, -0.2) is 34.9 Å². The predicted molar refractivity (Wildman–Crippen MR) is 93.8 cm³/mol.